The maximum Gasteiger partial charge on any atom is 0.265 e. The van der Waals surface area contributed by atoms with Gasteiger partial charge in [0, 0.05) is 23.3 Å². The van der Waals surface area contributed by atoms with Crippen molar-refractivity contribution in [1.29, 1.82) is 0 Å². The lowest BCUT2D eigenvalue weighted by Gasteiger charge is -2.19. The molecule has 26 heavy (non-hydrogen) atoms. The monoisotopic (exact) mass is 428 g/mol. The number of para-hydroxylation sites is 2. The van der Waals surface area contributed by atoms with Crippen LogP contribution in [0.3, 0.4) is 0 Å². The number of nitrogens with one attached hydrogen (secondary N) is 1. The summed E-state index contributed by atoms with van der Waals surface area (Å²) in [5.41, 5.74) is 2.33. The number of halogens is 1. The lowest BCUT2D eigenvalue weighted by molar-refractivity contribution is -0.116. The fourth-order valence-electron chi connectivity index (χ4n) is 2.45. The minimum absolute atomic E-state index is 0.0969. The molecule has 3 aromatic rings. The number of benzene rings is 2. The molecule has 0 saturated heterocycles. The van der Waals surface area contributed by atoms with Gasteiger partial charge >= 0.3 is 0 Å². The largest absolute Gasteiger partial charge is 0.319 e. The second-order valence-corrected chi connectivity index (χ2v) is 7.72. The van der Waals surface area contributed by atoms with E-state index in [-0.39, 0.29) is 11.8 Å². The summed E-state index contributed by atoms with van der Waals surface area (Å²) >= 11 is 4.86. The summed E-state index contributed by atoms with van der Waals surface area (Å²) in [6.07, 6.45) is 0. The summed E-state index contributed by atoms with van der Waals surface area (Å²) in [5.74, 6) is -0.289. The van der Waals surface area contributed by atoms with Gasteiger partial charge in [-0.2, -0.15) is 0 Å². The van der Waals surface area contributed by atoms with Gasteiger partial charge in [-0.25, -0.2) is 0 Å². The van der Waals surface area contributed by atoms with E-state index in [4.69, 9.17) is 0 Å². The lowest BCUT2D eigenvalue weighted by Crippen LogP contribution is -2.24. The number of hydrogen-bond acceptors (Lipinski definition) is 3. The molecule has 0 saturated carbocycles. The summed E-state index contributed by atoms with van der Waals surface area (Å²) in [7, 11) is 1.68. The van der Waals surface area contributed by atoms with Gasteiger partial charge in [-0.15, -0.1) is 11.3 Å². The molecule has 0 unspecified atom stereocenters. The molecule has 6 heteroatoms. The molecule has 2 amide bonds. The van der Waals surface area contributed by atoms with E-state index in [1.807, 2.05) is 48.5 Å². The minimum Gasteiger partial charge on any atom is -0.319 e. The number of thiophene rings is 1. The number of carbonyl (C=O) groups is 2. The SMILES string of the molecule is CC(=O)N(C)c1ccccc1NC(=O)c1ccc(-c2ccc(Br)cc2)s1. The summed E-state index contributed by atoms with van der Waals surface area (Å²) < 4.78 is 1.02. The number of carbonyl (C=O) groups excluding carboxylic acids is 2. The Hall–Kier alpha value is -2.44. The Morgan fingerprint density at radius 1 is 1.00 bits per heavy atom. The third-order valence-corrected chi connectivity index (χ3v) is 5.61. The third-order valence-electron chi connectivity index (χ3n) is 3.94. The average Bonchev–Trinajstić information content (AvgIpc) is 3.12. The van der Waals surface area contributed by atoms with Crippen LogP contribution in [-0.4, -0.2) is 18.9 Å². The van der Waals surface area contributed by atoms with E-state index in [2.05, 4.69) is 21.2 Å². The van der Waals surface area contributed by atoms with Crippen molar-refractivity contribution in [1.82, 2.24) is 0 Å². The summed E-state index contributed by atoms with van der Waals surface area (Å²) in [6, 6.07) is 19.0. The zero-order chi connectivity index (χ0) is 18.7. The van der Waals surface area contributed by atoms with Crippen molar-refractivity contribution in [3.05, 3.63) is 70.0 Å². The zero-order valence-corrected chi connectivity index (χ0v) is 16.7. The molecule has 3 rings (SSSR count). The molecule has 0 atom stereocenters. The van der Waals surface area contributed by atoms with Gasteiger partial charge in [-0.05, 0) is 42.0 Å². The van der Waals surface area contributed by atoms with Crippen LogP contribution < -0.4 is 10.2 Å². The molecular formula is C20H17BrN2O2S. The van der Waals surface area contributed by atoms with E-state index in [0.717, 1.165) is 14.9 Å². The highest BCUT2D eigenvalue weighted by Gasteiger charge is 2.15. The topological polar surface area (TPSA) is 49.4 Å². The van der Waals surface area contributed by atoms with Crippen LogP contribution in [-0.2, 0) is 4.79 Å². The molecule has 0 bridgehead atoms. The van der Waals surface area contributed by atoms with Crippen molar-refractivity contribution < 1.29 is 9.59 Å². The number of amides is 2. The van der Waals surface area contributed by atoms with Gasteiger partial charge in [0.2, 0.25) is 5.91 Å². The van der Waals surface area contributed by atoms with Gasteiger partial charge in [0.15, 0.2) is 0 Å². The smallest absolute Gasteiger partial charge is 0.265 e. The predicted octanol–water partition coefficient (Wildman–Crippen LogP) is 5.41. The van der Waals surface area contributed by atoms with E-state index in [1.165, 1.54) is 23.2 Å². The van der Waals surface area contributed by atoms with Crippen LogP contribution in [0.15, 0.2) is 65.1 Å². The van der Waals surface area contributed by atoms with E-state index in [0.29, 0.717) is 16.3 Å². The second-order valence-electron chi connectivity index (χ2n) is 5.72. The van der Waals surface area contributed by atoms with Gasteiger partial charge in [0.05, 0.1) is 16.3 Å². The molecule has 0 aliphatic rings. The molecule has 0 radical (unpaired) electrons. The normalized spacial score (nSPS) is 10.4. The van der Waals surface area contributed by atoms with Crippen molar-refractivity contribution >= 4 is 50.5 Å². The summed E-state index contributed by atoms with van der Waals surface area (Å²) in [5, 5.41) is 2.91. The molecule has 2 aromatic carbocycles. The van der Waals surface area contributed by atoms with Crippen molar-refractivity contribution in [2.75, 3.05) is 17.3 Å². The molecule has 0 fully saturated rings. The molecule has 0 aliphatic heterocycles. The molecule has 1 N–H and O–H groups in total. The van der Waals surface area contributed by atoms with Crippen LogP contribution in [0.5, 0.6) is 0 Å². The highest BCUT2D eigenvalue weighted by molar-refractivity contribution is 9.10. The molecule has 132 valence electrons. The van der Waals surface area contributed by atoms with Crippen molar-refractivity contribution in [2.45, 2.75) is 6.92 Å². The second kappa shape index (κ2) is 7.85. The van der Waals surface area contributed by atoms with Gasteiger partial charge in [-0.1, -0.05) is 40.2 Å². The maximum absolute atomic E-state index is 12.6. The first kappa shape index (κ1) is 18.4. The van der Waals surface area contributed by atoms with E-state index < -0.39 is 0 Å². The predicted molar refractivity (Wildman–Crippen MR) is 111 cm³/mol. The average molecular weight is 429 g/mol. The van der Waals surface area contributed by atoms with Crippen LogP contribution in [0.4, 0.5) is 11.4 Å². The Labute approximate surface area is 164 Å². The molecule has 0 aliphatic carbocycles. The third kappa shape index (κ3) is 4.03. The van der Waals surface area contributed by atoms with Crippen LogP contribution in [0, 0.1) is 0 Å². The van der Waals surface area contributed by atoms with E-state index in [1.54, 1.807) is 19.2 Å². The van der Waals surface area contributed by atoms with Crippen LogP contribution >= 0.6 is 27.3 Å². The van der Waals surface area contributed by atoms with Crippen molar-refractivity contribution in [3.63, 3.8) is 0 Å². The van der Waals surface area contributed by atoms with Crippen LogP contribution in [0.25, 0.3) is 10.4 Å². The highest BCUT2D eigenvalue weighted by Crippen LogP contribution is 2.31. The Morgan fingerprint density at radius 2 is 1.69 bits per heavy atom. The van der Waals surface area contributed by atoms with Gasteiger partial charge in [0.25, 0.3) is 5.91 Å². The van der Waals surface area contributed by atoms with Crippen LogP contribution in [0.1, 0.15) is 16.6 Å². The first-order valence-electron chi connectivity index (χ1n) is 7.96. The molecule has 4 nitrogen and oxygen atoms in total. The Balaban J connectivity index is 1.82. The number of anilines is 2. The Morgan fingerprint density at radius 3 is 2.38 bits per heavy atom. The van der Waals surface area contributed by atoms with Gasteiger partial charge in [0.1, 0.15) is 0 Å². The number of nitrogens with zero attached hydrogens (tertiary/aromatic N) is 1. The fourth-order valence-corrected chi connectivity index (χ4v) is 3.63. The fraction of sp³-hybridized carbons (Fsp3) is 0.100. The Bertz CT molecular complexity index is 950. The minimum atomic E-state index is -0.192. The first-order chi connectivity index (χ1) is 12.5. The highest BCUT2D eigenvalue weighted by atomic mass is 79.9. The molecular weight excluding hydrogens is 412 g/mol. The van der Waals surface area contributed by atoms with E-state index in [9.17, 15) is 9.59 Å². The summed E-state index contributed by atoms with van der Waals surface area (Å²) in [4.78, 5) is 27.4. The van der Waals surface area contributed by atoms with Crippen LogP contribution in [0.2, 0.25) is 0 Å². The van der Waals surface area contributed by atoms with Crippen molar-refractivity contribution in [2.24, 2.45) is 0 Å². The molecule has 1 heterocycles. The van der Waals surface area contributed by atoms with Gasteiger partial charge in [-0.3, -0.25) is 9.59 Å². The Kier molecular flexibility index (Phi) is 5.54. The molecule has 0 spiro atoms. The molecule has 1 aromatic heterocycles. The zero-order valence-electron chi connectivity index (χ0n) is 14.3. The van der Waals surface area contributed by atoms with Crippen molar-refractivity contribution in [3.8, 4) is 10.4 Å². The summed E-state index contributed by atoms with van der Waals surface area (Å²) in [6.45, 7) is 1.49. The lowest BCUT2D eigenvalue weighted by atomic mass is 10.2. The van der Waals surface area contributed by atoms with Gasteiger partial charge < -0.3 is 10.2 Å². The first-order valence-corrected chi connectivity index (χ1v) is 9.57. The number of rotatable bonds is 4. The number of hydrogen-bond donors (Lipinski definition) is 1. The maximum atomic E-state index is 12.6. The standard InChI is InChI=1S/C20H17BrN2O2S/c1-13(24)23(2)17-6-4-3-5-16(17)22-20(25)19-12-11-18(26-19)14-7-9-15(21)10-8-14/h3-12H,1-2H3,(H,22,25). The quantitative estimate of drug-likeness (QED) is 0.603. The van der Waals surface area contributed by atoms with E-state index >= 15 is 0 Å².